The number of aromatic nitrogens is 2. The molecule has 1 aromatic heterocycles. The molecule has 0 aliphatic rings. The number of allylic oxidation sites excluding steroid dienone is 1. The van der Waals surface area contributed by atoms with Crippen LogP contribution in [0.25, 0.3) is 6.08 Å². The Balaban J connectivity index is 2.21. The third-order valence-corrected chi connectivity index (χ3v) is 3.11. The van der Waals surface area contributed by atoms with Gasteiger partial charge in [0.25, 0.3) is 0 Å². The van der Waals surface area contributed by atoms with E-state index in [1.165, 1.54) is 6.08 Å². The largest absolute Gasteiger partial charge is 0.493 e. The highest BCUT2D eigenvalue weighted by atomic mass is 16.5. The van der Waals surface area contributed by atoms with Gasteiger partial charge >= 0.3 is 0 Å². The fourth-order valence-electron chi connectivity index (χ4n) is 2.06. The summed E-state index contributed by atoms with van der Waals surface area (Å²) in [5.74, 6) is 1.21. The number of aryl methyl sites for hydroxylation is 2. The van der Waals surface area contributed by atoms with E-state index in [1.807, 2.05) is 19.1 Å². The molecule has 2 aromatic rings. The van der Waals surface area contributed by atoms with Gasteiger partial charge < -0.3 is 9.47 Å². The quantitative estimate of drug-likeness (QED) is 0.626. The molecule has 0 bridgehead atoms. The molecule has 0 radical (unpaired) electrons. The lowest BCUT2D eigenvalue weighted by atomic mass is 10.1. The van der Waals surface area contributed by atoms with Crippen LogP contribution in [0.5, 0.6) is 11.5 Å². The van der Waals surface area contributed by atoms with Crippen LogP contribution in [-0.4, -0.2) is 29.8 Å². The van der Waals surface area contributed by atoms with Crippen molar-refractivity contribution in [2.75, 3.05) is 14.2 Å². The Hall–Kier alpha value is -2.56. The normalized spacial score (nSPS) is 10.9. The van der Waals surface area contributed by atoms with Crippen molar-refractivity contribution in [3.05, 3.63) is 47.3 Å². The Morgan fingerprint density at radius 3 is 2.52 bits per heavy atom. The Labute approximate surface area is 123 Å². The molecule has 110 valence electrons. The number of benzene rings is 1. The highest BCUT2D eigenvalue weighted by Gasteiger charge is 2.09. The van der Waals surface area contributed by atoms with Crippen LogP contribution in [0.2, 0.25) is 0 Å². The topological polar surface area (TPSA) is 53.4 Å². The van der Waals surface area contributed by atoms with E-state index in [-0.39, 0.29) is 5.78 Å². The van der Waals surface area contributed by atoms with Crippen molar-refractivity contribution in [1.82, 2.24) is 9.78 Å². The number of carbonyl (C=O) groups is 1. The minimum Gasteiger partial charge on any atom is -0.493 e. The molecule has 1 aromatic carbocycles. The van der Waals surface area contributed by atoms with E-state index in [4.69, 9.17) is 9.47 Å². The van der Waals surface area contributed by atoms with Crippen LogP contribution in [-0.2, 0) is 7.05 Å². The number of hydrogen-bond donors (Lipinski definition) is 0. The van der Waals surface area contributed by atoms with Gasteiger partial charge in [0, 0.05) is 13.2 Å². The van der Waals surface area contributed by atoms with E-state index < -0.39 is 0 Å². The van der Waals surface area contributed by atoms with Crippen molar-refractivity contribution in [3.8, 4) is 11.5 Å². The van der Waals surface area contributed by atoms with Crippen LogP contribution >= 0.6 is 0 Å². The van der Waals surface area contributed by atoms with Gasteiger partial charge in [-0.15, -0.1) is 0 Å². The molecule has 1 heterocycles. The SMILES string of the molecule is COc1ccc(/C=C/C(=O)c2cn(C)nc2C)cc1OC. The zero-order chi connectivity index (χ0) is 15.4. The number of nitrogens with zero attached hydrogens (tertiary/aromatic N) is 2. The molecule has 0 saturated carbocycles. The standard InChI is InChI=1S/C16H18N2O3/c1-11-13(10-18(2)17-11)14(19)7-5-12-6-8-15(20-3)16(9-12)21-4/h5-10H,1-4H3/b7-5+. The van der Waals surface area contributed by atoms with Crippen molar-refractivity contribution in [1.29, 1.82) is 0 Å². The van der Waals surface area contributed by atoms with Crippen LogP contribution in [0.15, 0.2) is 30.5 Å². The summed E-state index contributed by atoms with van der Waals surface area (Å²) in [4.78, 5) is 12.1. The van der Waals surface area contributed by atoms with E-state index in [2.05, 4.69) is 5.10 Å². The maximum absolute atomic E-state index is 12.1. The zero-order valence-corrected chi connectivity index (χ0v) is 12.6. The van der Waals surface area contributed by atoms with Gasteiger partial charge in [-0.05, 0) is 30.7 Å². The number of methoxy groups -OCH3 is 2. The van der Waals surface area contributed by atoms with Crippen LogP contribution < -0.4 is 9.47 Å². The molecule has 0 spiro atoms. The second-order valence-corrected chi connectivity index (χ2v) is 4.61. The molecule has 2 rings (SSSR count). The average molecular weight is 286 g/mol. The number of carbonyl (C=O) groups excluding carboxylic acids is 1. The van der Waals surface area contributed by atoms with Crippen LogP contribution in [0.1, 0.15) is 21.6 Å². The van der Waals surface area contributed by atoms with E-state index >= 15 is 0 Å². The maximum Gasteiger partial charge on any atom is 0.189 e. The van der Waals surface area contributed by atoms with Crippen LogP contribution in [0.3, 0.4) is 0 Å². The summed E-state index contributed by atoms with van der Waals surface area (Å²) >= 11 is 0. The second kappa shape index (κ2) is 6.26. The molecule has 0 saturated heterocycles. The summed E-state index contributed by atoms with van der Waals surface area (Å²) in [6.07, 6.45) is 5.00. The van der Waals surface area contributed by atoms with Crippen molar-refractivity contribution < 1.29 is 14.3 Å². The van der Waals surface area contributed by atoms with Gasteiger partial charge in [0.05, 0.1) is 25.5 Å². The third kappa shape index (κ3) is 3.31. The molecular weight excluding hydrogens is 268 g/mol. The molecule has 0 fully saturated rings. The van der Waals surface area contributed by atoms with Gasteiger partial charge in [-0.3, -0.25) is 9.48 Å². The predicted molar refractivity (Wildman–Crippen MR) is 80.9 cm³/mol. The zero-order valence-electron chi connectivity index (χ0n) is 12.6. The van der Waals surface area contributed by atoms with Gasteiger partial charge in [-0.25, -0.2) is 0 Å². The predicted octanol–water partition coefficient (Wildman–Crippen LogP) is 2.64. The minimum atomic E-state index is -0.0737. The first kappa shape index (κ1) is 14.8. The van der Waals surface area contributed by atoms with Gasteiger partial charge in [0.15, 0.2) is 17.3 Å². The lowest BCUT2D eigenvalue weighted by Crippen LogP contribution is -1.95. The summed E-state index contributed by atoms with van der Waals surface area (Å²) < 4.78 is 12.0. The Morgan fingerprint density at radius 2 is 1.95 bits per heavy atom. The minimum absolute atomic E-state index is 0.0737. The Bertz CT molecular complexity index is 687. The number of rotatable bonds is 5. The fraction of sp³-hybridized carbons (Fsp3) is 0.250. The first-order valence-electron chi connectivity index (χ1n) is 6.50. The highest BCUT2D eigenvalue weighted by Crippen LogP contribution is 2.28. The number of hydrogen-bond acceptors (Lipinski definition) is 4. The highest BCUT2D eigenvalue weighted by molar-refractivity contribution is 6.07. The fourth-order valence-corrected chi connectivity index (χ4v) is 2.06. The van der Waals surface area contributed by atoms with Gasteiger partial charge in [0.2, 0.25) is 0 Å². The molecule has 5 nitrogen and oxygen atoms in total. The molecular formula is C16H18N2O3. The smallest absolute Gasteiger partial charge is 0.189 e. The summed E-state index contributed by atoms with van der Waals surface area (Å²) in [6, 6.07) is 5.48. The van der Waals surface area contributed by atoms with Gasteiger partial charge in [-0.1, -0.05) is 12.1 Å². The van der Waals surface area contributed by atoms with Crippen LogP contribution in [0.4, 0.5) is 0 Å². The molecule has 0 amide bonds. The second-order valence-electron chi connectivity index (χ2n) is 4.61. The lowest BCUT2D eigenvalue weighted by molar-refractivity contribution is 0.104. The van der Waals surface area contributed by atoms with Crippen LogP contribution in [0, 0.1) is 6.92 Å². The van der Waals surface area contributed by atoms with E-state index in [0.717, 1.165) is 11.3 Å². The van der Waals surface area contributed by atoms with Crippen molar-refractivity contribution >= 4 is 11.9 Å². The van der Waals surface area contributed by atoms with E-state index in [9.17, 15) is 4.79 Å². The van der Waals surface area contributed by atoms with E-state index in [1.54, 1.807) is 44.3 Å². The number of ketones is 1. The maximum atomic E-state index is 12.1. The summed E-state index contributed by atoms with van der Waals surface area (Å²) in [5.41, 5.74) is 2.19. The van der Waals surface area contributed by atoms with E-state index in [0.29, 0.717) is 17.1 Å². The molecule has 0 N–H and O–H groups in total. The first-order valence-corrected chi connectivity index (χ1v) is 6.50. The molecule has 0 atom stereocenters. The molecule has 0 aliphatic heterocycles. The van der Waals surface area contributed by atoms with Crippen molar-refractivity contribution in [2.24, 2.45) is 7.05 Å². The van der Waals surface area contributed by atoms with Crippen molar-refractivity contribution in [2.45, 2.75) is 6.92 Å². The molecule has 21 heavy (non-hydrogen) atoms. The van der Waals surface area contributed by atoms with Gasteiger partial charge in [-0.2, -0.15) is 5.10 Å². The summed E-state index contributed by atoms with van der Waals surface area (Å²) in [7, 11) is 4.96. The monoisotopic (exact) mass is 286 g/mol. The molecule has 0 aliphatic carbocycles. The van der Waals surface area contributed by atoms with Gasteiger partial charge in [0.1, 0.15) is 0 Å². The molecule has 0 unspecified atom stereocenters. The molecule has 5 heteroatoms. The van der Waals surface area contributed by atoms with Crippen molar-refractivity contribution in [3.63, 3.8) is 0 Å². The third-order valence-electron chi connectivity index (χ3n) is 3.11. The number of ether oxygens (including phenoxy) is 2. The Morgan fingerprint density at radius 1 is 1.24 bits per heavy atom. The average Bonchev–Trinajstić information content (AvgIpc) is 2.83. The Kier molecular flexibility index (Phi) is 4.42. The summed E-state index contributed by atoms with van der Waals surface area (Å²) in [5, 5.41) is 4.16. The summed E-state index contributed by atoms with van der Waals surface area (Å²) in [6.45, 7) is 1.82. The first-order chi connectivity index (χ1) is 10.0. The lowest BCUT2D eigenvalue weighted by Gasteiger charge is -2.07.